The Labute approximate surface area is 168 Å². The highest BCUT2D eigenvalue weighted by atomic mass is 35.5. The summed E-state index contributed by atoms with van der Waals surface area (Å²) in [6.07, 6.45) is -5.75. The predicted octanol–water partition coefficient (Wildman–Crippen LogP) is 4.31. The fourth-order valence-electron chi connectivity index (χ4n) is 2.82. The van der Waals surface area contributed by atoms with Gasteiger partial charge in [0.15, 0.2) is 6.10 Å². The number of pyridine rings is 1. The third-order valence-electron chi connectivity index (χ3n) is 4.54. The first-order chi connectivity index (χ1) is 13.6. The largest absolute Gasteiger partial charge is 0.480 e. The smallest absolute Gasteiger partial charge is 0.425 e. The monoisotopic (exact) mass is 427 g/mol. The average molecular weight is 428 g/mol. The van der Waals surface area contributed by atoms with Crippen molar-refractivity contribution in [3.63, 3.8) is 0 Å². The van der Waals surface area contributed by atoms with Gasteiger partial charge < -0.3 is 9.64 Å². The van der Waals surface area contributed by atoms with E-state index in [0.717, 1.165) is 19.2 Å². The van der Waals surface area contributed by atoms with E-state index in [-0.39, 0.29) is 40.9 Å². The number of hydrogen-bond acceptors (Lipinski definition) is 4. The molecule has 1 atom stereocenters. The van der Waals surface area contributed by atoms with Gasteiger partial charge in [-0.1, -0.05) is 11.6 Å². The summed E-state index contributed by atoms with van der Waals surface area (Å²) >= 11 is 6.12. The molecule has 5 nitrogen and oxygen atoms in total. The number of aromatic nitrogens is 1. The maximum atomic E-state index is 13.0. The summed E-state index contributed by atoms with van der Waals surface area (Å²) in [5, 5.41) is 8.86. The SMILES string of the molecule is CC(Oc1ccc(C#N)c(Cl)c1C(=O)N1CC(c2ccc(F)cn2)C1)C(F)(F)F. The number of ether oxygens (including phenoxy) is 1. The molecule has 0 saturated carbocycles. The Bertz CT molecular complexity index is 967. The fourth-order valence-corrected chi connectivity index (χ4v) is 3.10. The number of hydrogen-bond donors (Lipinski definition) is 0. The van der Waals surface area contributed by atoms with Crippen LogP contribution in [0.1, 0.15) is 34.5 Å². The molecule has 0 spiro atoms. The van der Waals surface area contributed by atoms with Crippen molar-refractivity contribution in [3.8, 4) is 11.8 Å². The van der Waals surface area contributed by atoms with Gasteiger partial charge in [0.05, 0.1) is 16.8 Å². The lowest BCUT2D eigenvalue weighted by Gasteiger charge is -2.39. The number of amides is 1. The lowest BCUT2D eigenvalue weighted by molar-refractivity contribution is -0.189. The maximum absolute atomic E-state index is 13.0. The summed E-state index contributed by atoms with van der Waals surface area (Å²) < 4.78 is 56.6. The first-order valence-electron chi connectivity index (χ1n) is 8.48. The summed E-state index contributed by atoms with van der Waals surface area (Å²) in [6, 6.07) is 6.87. The zero-order valence-electron chi connectivity index (χ0n) is 15.0. The van der Waals surface area contributed by atoms with Crippen molar-refractivity contribution in [2.75, 3.05) is 13.1 Å². The number of nitriles is 1. The molecule has 0 aliphatic carbocycles. The van der Waals surface area contributed by atoms with E-state index >= 15 is 0 Å². The van der Waals surface area contributed by atoms with Gasteiger partial charge in [-0.25, -0.2) is 4.39 Å². The summed E-state index contributed by atoms with van der Waals surface area (Å²) in [7, 11) is 0. The standard InChI is InChI=1S/C19H14ClF4N3O2/c1-10(19(22,23)24)29-15-5-2-11(6-25)17(20)16(15)18(28)27-8-12(9-27)14-4-3-13(21)7-26-14/h2-5,7,10,12H,8-9H2,1H3. The molecule has 1 saturated heterocycles. The van der Waals surface area contributed by atoms with E-state index in [1.165, 1.54) is 23.1 Å². The molecule has 1 unspecified atom stereocenters. The van der Waals surface area contributed by atoms with Gasteiger partial charge in [-0.15, -0.1) is 0 Å². The minimum Gasteiger partial charge on any atom is -0.480 e. The summed E-state index contributed by atoms with van der Waals surface area (Å²) in [5.74, 6) is -1.64. The Hall–Kier alpha value is -2.86. The van der Waals surface area contributed by atoms with Gasteiger partial charge >= 0.3 is 6.18 Å². The number of rotatable bonds is 4. The van der Waals surface area contributed by atoms with Crippen molar-refractivity contribution in [3.05, 3.63) is 58.1 Å². The van der Waals surface area contributed by atoms with Crippen LogP contribution in [0.4, 0.5) is 17.6 Å². The van der Waals surface area contributed by atoms with E-state index < -0.39 is 24.0 Å². The number of likely N-dealkylation sites (tertiary alicyclic amines) is 1. The van der Waals surface area contributed by atoms with Crippen molar-refractivity contribution in [1.29, 1.82) is 5.26 Å². The van der Waals surface area contributed by atoms with Crippen molar-refractivity contribution in [1.82, 2.24) is 9.88 Å². The molecule has 1 amide bonds. The molecular weight excluding hydrogens is 414 g/mol. The van der Waals surface area contributed by atoms with Crippen LogP contribution in [-0.4, -0.2) is 41.2 Å². The minimum atomic E-state index is -4.64. The lowest BCUT2D eigenvalue weighted by atomic mass is 9.94. The Kier molecular flexibility index (Phi) is 5.66. The molecule has 1 aliphatic rings. The van der Waals surface area contributed by atoms with Crippen LogP contribution in [0.5, 0.6) is 5.75 Å². The number of halogens is 5. The topological polar surface area (TPSA) is 66.2 Å². The molecule has 1 aromatic heterocycles. The highest BCUT2D eigenvalue weighted by Crippen LogP contribution is 2.36. The third kappa shape index (κ3) is 4.27. The van der Waals surface area contributed by atoms with Gasteiger partial charge in [-0.2, -0.15) is 18.4 Å². The molecule has 152 valence electrons. The normalized spacial score (nSPS) is 15.4. The molecule has 1 aromatic carbocycles. The van der Waals surface area contributed by atoms with E-state index in [0.29, 0.717) is 5.69 Å². The third-order valence-corrected chi connectivity index (χ3v) is 4.93. The minimum absolute atomic E-state index is 0.0562. The zero-order chi connectivity index (χ0) is 21.3. The van der Waals surface area contributed by atoms with Crippen LogP contribution < -0.4 is 4.74 Å². The van der Waals surface area contributed by atoms with Gasteiger partial charge in [0, 0.05) is 24.7 Å². The van der Waals surface area contributed by atoms with Crippen LogP contribution in [0, 0.1) is 17.1 Å². The lowest BCUT2D eigenvalue weighted by Crippen LogP contribution is -2.49. The molecule has 3 rings (SSSR count). The molecule has 0 bridgehead atoms. The van der Waals surface area contributed by atoms with E-state index in [1.807, 2.05) is 0 Å². The summed E-state index contributed by atoms with van der Waals surface area (Å²) in [5.41, 5.74) is 0.237. The van der Waals surface area contributed by atoms with Gasteiger partial charge in [0.1, 0.15) is 23.2 Å². The van der Waals surface area contributed by atoms with Crippen LogP contribution >= 0.6 is 11.6 Å². The number of carbonyl (C=O) groups is 1. The van der Waals surface area contributed by atoms with Crippen molar-refractivity contribution in [2.45, 2.75) is 25.1 Å². The highest BCUT2D eigenvalue weighted by molar-refractivity contribution is 6.35. The molecule has 10 heteroatoms. The van der Waals surface area contributed by atoms with Gasteiger partial charge in [-0.05, 0) is 31.2 Å². The van der Waals surface area contributed by atoms with E-state index in [2.05, 4.69) is 4.98 Å². The molecule has 2 heterocycles. The quantitative estimate of drug-likeness (QED) is 0.682. The Morgan fingerprint density at radius 3 is 2.59 bits per heavy atom. The summed E-state index contributed by atoms with van der Waals surface area (Å²) in [6.45, 7) is 1.25. The van der Waals surface area contributed by atoms with Crippen molar-refractivity contribution >= 4 is 17.5 Å². The number of alkyl halides is 3. The first kappa shape index (κ1) is 20.9. The van der Waals surface area contributed by atoms with E-state index in [1.54, 1.807) is 6.07 Å². The Morgan fingerprint density at radius 2 is 2.03 bits per heavy atom. The van der Waals surface area contributed by atoms with Gasteiger partial charge in [0.25, 0.3) is 5.91 Å². The van der Waals surface area contributed by atoms with Crippen molar-refractivity contribution < 1.29 is 27.1 Å². The molecule has 0 radical (unpaired) electrons. The summed E-state index contributed by atoms with van der Waals surface area (Å²) in [4.78, 5) is 18.2. The first-order valence-corrected chi connectivity index (χ1v) is 8.86. The van der Waals surface area contributed by atoms with Crippen LogP contribution in [0.3, 0.4) is 0 Å². The number of carbonyl (C=O) groups excluding carboxylic acids is 1. The highest BCUT2D eigenvalue weighted by Gasteiger charge is 2.40. The molecular formula is C19H14ClF4N3O2. The van der Waals surface area contributed by atoms with Gasteiger partial charge in [0.2, 0.25) is 0 Å². The molecule has 0 N–H and O–H groups in total. The van der Waals surface area contributed by atoms with E-state index in [4.69, 9.17) is 21.6 Å². The Balaban J connectivity index is 1.84. The Morgan fingerprint density at radius 1 is 1.34 bits per heavy atom. The second-order valence-corrected chi connectivity index (χ2v) is 6.90. The predicted molar refractivity (Wildman–Crippen MR) is 95.2 cm³/mol. The number of nitrogens with zero attached hydrogens (tertiary/aromatic N) is 3. The van der Waals surface area contributed by atoms with Gasteiger partial charge in [-0.3, -0.25) is 9.78 Å². The maximum Gasteiger partial charge on any atom is 0.425 e. The second-order valence-electron chi connectivity index (χ2n) is 6.52. The van der Waals surface area contributed by atoms with Crippen LogP contribution in [0.2, 0.25) is 5.02 Å². The second kappa shape index (κ2) is 7.87. The molecule has 1 aliphatic heterocycles. The molecule has 2 aromatic rings. The fraction of sp³-hybridized carbons (Fsp3) is 0.316. The van der Waals surface area contributed by atoms with Crippen LogP contribution in [0.25, 0.3) is 0 Å². The van der Waals surface area contributed by atoms with Crippen LogP contribution in [0.15, 0.2) is 30.5 Å². The van der Waals surface area contributed by atoms with Crippen molar-refractivity contribution in [2.24, 2.45) is 0 Å². The number of benzene rings is 1. The molecule has 1 fully saturated rings. The van der Waals surface area contributed by atoms with E-state index in [9.17, 15) is 22.4 Å². The average Bonchev–Trinajstić information content (AvgIpc) is 2.61. The zero-order valence-corrected chi connectivity index (χ0v) is 15.8. The van der Waals surface area contributed by atoms with Crippen LogP contribution in [-0.2, 0) is 0 Å². The molecule has 29 heavy (non-hydrogen) atoms.